The van der Waals surface area contributed by atoms with Crippen molar-refractivity contribution in [2.24, 2.45) is 13.0 Å². The molecule has 1 aliphatic heterocycles. The van der Waals surface area contributed by atoms with Gasteiger partial charge in [-0.15, -0.1) is 0 Å². The average Bonchev–Trinajstić information content (AvgIpc) is 3.03. The molecule has 7 nitrogen and oxygen atoms in total. The number of aryl methyl sites for hydroxylation is 1. The van der Waals surface area contributed by atoms with Crippen molar-refractivity contribution in [2.45, 2.75) is 6.04 Å². The van der Waals surface area contributed by atoms with E-state index in [1.165, 1.54) is 11.0 Å². The molecule has 1 amide bonds. The summed E-state index contributed by atoms with van der Waals surface area (Å²) in [6.07, 6.45) is 4.70. The Hall–Kier alpha value is -2.15. The van der Waals surface area contributed by atoms with Crippen LogP contribution in [0.5, 0.6) is 0 Å². The topological polar surface area (TPSA) is 84.7 Å². The first-order valence-corrected chi connectivity index (χ1v) is 6.24. The fraction of sp³-hybridized carbons (Fsp3) is 0.462. The number of aliphatic carboxylic acids is 1. The summed E-state index contributed by atoms with van der Waals surface area (Å²) in [5, 5.41) is 13.1. The number of likely N-dealkylation sites (N-methyl/N-ethyl adjacent to an activating group) is 1. The summed E-state index contributed by atoms with van der Waals surface area (Å²) in [6, 6.07) is 1.35. The average molecular weight is 279 g/mol. The molecule has 1 aromatic heterocycles. The first kappa shape index (κ1) is 14.3. The van der Waals surface area contributed by atoms with E-state index in [2.05, 4.69) is 5.10 Å². The number of hydrogen-bond acceptors (Lipinski definition) is 4. The molecule has 1 aromatic rings. The van der Waals surface area contributed by atoms with Gasteiger partial charge in [-0.3, -0.25) is 14.3 Å². The Bertz CT molecular complexity index is 537. The maximum Gasteiger partial charge on any atom is 0.311 e. The van der Waals surface area contributed by atoms with E-state index in [1.807, 2.05) is 0 Å². The van der Waals surface area contributed by atoms with Gasteiger partial charge in [0.2, 0.25) is 5.91 Å². The number of hydrogen-bond donors (Lipinski definition) is 1. The number of aromatic nitrogens is 2. The lowest BCUT2D eigenvalue weighted by molar-refractivity contribution is -0.143. The van der Waals surface area contributed by atoms with Crippen LogP contribution in [0.2, 0.25) is 0 Å². The van der Waals surface area contributed by atoms with Crippen LogP contribution in [0.3, 0.4) is 0 Å². The van der Waals surface area contributed by atoms with Crippen molar-refractivity contribution in [3.05, 3.63) is 24.0 Å². The number of nitrogens with zero attached hydrogens (tertiary/aromatic N) is 3. The first-order valence-electron chi connectivity index (χ1n) is 6.24. The lowest BCUT2D eigenvalue weighted by Crippen LogP contribution is -2.43. The van der Waals surface area contributed by atoms with Gasteiger partial charge in [-0.05, 0) is 12.1 Å². The third kappa shape index (κ3) is 2.88. The Morgan fingerprint density at radius 1 is 1.55 bits per heavy atom. The predicted octanol–water partition coefficient (Wildman–Crippen LogP) is -0.00870. The van der Waals surface area contributed by atoms with Crippen molar-refractivity contribution in [1.82, 2.24) is 14.7 Å². The van der Waals surface area contributed by atoms with Gasteiger partial charge in [0.1, 0.15) is 5.92 Å². The number of rotatable bonds is 4. The quantitative estimate of drug-likeness (QED) is 0.784. The standard InChI is InChI=1S/C13H17N3O4/c1-15(11-8-20-7-10(11)13(18)19)12(17)4-3-9-5-6-14-16(9)2/h3-6,10-11H,7-8H2,1-2H3,(H,18,19). The number of carboxylic acids is 1. The summed E-state index contributed by atoms with van der Waals surface area (Å²) < 4.78 is 6.80. The van der Waals surface area contributed by atoms with Gasteiger partial charge in [0.25, 0.3) is 0 Å². The molecule has 0 spiro atoms. The number of carboxylic acid groups (broad SMARTS) is 1. The number of amides is 1. The summed E-state index contributed by atoms with van der Waals surface area (Å²) >= 11 is 0. The third-order valence-electron chi connectivity index (χ3n) is 3.47. The zero-order valence-corrected chi connectivity index (χ0v) is 11.4. The van der Waals surface area contributed by atoms with Crippen LogP contribution in [-0.2, 0) is 21.4 Å². The molecule has 2 rings (SSSR count). The van der Waals surface area contributed by atoms with Gasteiger partial charge in [-0.2, -0.15) is 5.10 Å². The second-order valence-electron chi connectivity index (χ2n) is 4.71. The van der Waals surface area contributed by atoms with Gasteiger partial charge < -0.3 is 14.7 Å². The summed E-state index contributed by atoms with van der Waals surface area (Å²) in [4.78, 5) is 24.6. The normalized spacial score (nSPS) is 22.3. The number of carbonyl (C=O) groups excluding carboxylic acids is 1. The zero-order chi connectivity index (χ0) is 14.7. The molecule has 7 heteroatoms. The zero-order valence-electron chi connectivity index (χ0n) is 11.4. The second-order valence-corrected chi connectivity index (χ2v) is 4.71. The lowest BCUT2D eigenvalue weighted by atomic mass is 10.0. The van der Waals surface area contributed by atoms with Crippen LogP contribution >= 0.6 is 0 Å². The fourth-order valence-corrected chi connectivity index (χ4v) is 2.15. The van der Waals surface area contributed by atoms with Crippen LogP contribution in [0.1, 0.15) is 5.69 Å². The Morgan fingerprint density at radius 2 is 2.30 bits per heavy atom. The van der Waals surface area contributed by atoms with Crippen LogP contribution in [0.15, 0.2) is 18.3 Å². The molecule has 0 radical (unpaired) electrons. The molecule has 0 bridgehead atoms. The highest BCUT2D eigenvalue weighted by atomic mass is 16.5. The van der Waals surface area contributed by atoms with E-state index in [4.69, 9.17) is 9.84 Å². The highest BCUT2D eigenvalue weighted by Gasteiger charge is 2.37. The van der Waals surface area contributed by atoms with Crippen molar-refractivity contribution in [1.29, 1.82) is 0 Å². The van der Waals surface area contributed by atoms with E-state index < -0.39 is 17.9 Å². The maximum absolute atomic E-state index is 12.1. The highest BCUT2D eigenvalue weighted by molar-refractivity contribution is 5.92. The Morgan fingerprint density at radius 3 is 2.90 bits per heavy atom. The molecular weight excluding hydrogens is 262 g/mol. The summed E-state index contributed by atoms with van der Waals surface area (Å²) in [5.41, 5.74) is 0.796. The van der Waals surface area contributed by atoms with Crippen molar-refractivity contribution in [3.8, 4) is 0 Å². The third-order valence-corrected chi connectivity index (χ3v) is 3.47. The van der Waals surface area contributed by atoms with Gasteiger partial charge in [0.05, 0.1) is 24.9 Å². The Balaban J connectivity index is 2.03. The molecule has 1 N–H and O–H groups in total. The van der Waals surface area contributed by atoms with E-state index in [1.54, 1.807) is 37.1 Å². The number of carbonyl (C=O) groups is 2. The maximum atomic E-state index is 12.1. The SMILES string of the molecule is CN(C(=O)C=Cc1ccnn1C)C1COCC1C(=O)O. The van der Waals surface area contributed by atoms with Gasteiger partial charge in [-0.25, -0.2) is 0 Å². The molecule has 2 unspecified atom stereocenters. The largest absolute Gasteiger partial charge is 0.481 e. The van der Waals surface area contributed by atoms with Gasteiger partial charge in [0.15, 0.2) is 0 Å². The minimum absolute atomic E-state index is 0.142. The van der Waals surface area contributed by atoms with E-state index in [0.29, 0.717) is 0 Å². The summed E-state index contributed by atoms with van der Waals surface area (Å²) in [7, 11) is 3.37. The summed E-state index contributed by atoms with van der Waals surface area (Å²) in [6.45, 7) is 0.391. The molecule has 0 aliphatic carbocycles. The van der Waals surface area contributed by atoms with Crippen molar-refractivity contribution >= 4 is 18.0 Å². The van der Waals surface area contributed by atoms with E-state index >= 15 is 0 Å². The number of ether oxygens (including phenoxy) is 1. The minimum Gasteiger partial charge on any atom is -0.481 e. The molecule has 1 fully saturated rings. The lowest BCUT2D eigenvalue weighted by Gasteiger charge is -2.25. The molecule has 0 aromatic carbocycles. The van der Waals surface area contributed by atoms with Crippen molar-refractivity contribution in [2.75, 3.05) is 20.3 Å². The van der Waals surface area contributed by atoms with Gasteiger partial charge >= 0.3 is 5.97 Å². The van der Waals surface area contributed by atoms with E-state index in [-0.39, 0.29) is 19.1 Å². The fourth-order valence-electron chi connectivity index (χ4n) is 2.15. The Labute approximate surface area is 116 Å². The predicted molar refractivity (Wildman–Crippen MR) is 70.7 cm³/mol. The molecular formula is C13H17N3O4. The van der Waals surface area contributed by atoms with E-state index in [0.717, 1.165) is 5.69 Å². The van der Waals surface area contributed by atoms with Crippen molar-refractivity contribution in [3.63, 3.8) is 0 Å². The second kappa shape index (κ2) is 5.87. The smallest absolute Gasteiger partial charge is 0.311 e. The molecule has 108 valence electrons. The highest BCUT2D eigenvalue weighted by Crippen LogP contribution is 2.19. The molecule has 0 saturated carbocycles. The molecule has 2 atom stereocenters. The van der Waals surface area contributed by atoms with Crippen LogP contribution in [0, 0.1) is 5.92 Å². The first-order chi connectivity index (χ1) is 9.50. The van der Waals surface area contributed by atoms with Crippen LogP contribution in [-0.4, -0.2) is 58.0 Å². The van der Waals surface area contributed by atoms with Crippen LogP contribution < -0.4 is 0 Å². The van der Waals surface area contributed by atoms with Gasteiger partial charge in [-0.1, -0.05) is 0 Å². The molecule has 20 heavy (non-hydrogen) atoms. The van der Waals surface area contributed by atoms with Crippen molar-refractivity contribution < 1.29 is 19.4 Å². The monoisotopic (exact) mass is 279 g/mol. The molecule has 1 aliphatic rings. The van der Waals surface area contributed by atoms with Gasteiger partial charge in [0, 0.05) is 26.4 Å². The molecule has 2 heterocycles. The van der Waals surface area contributed by atoms with Crippen LogP contribution in [0.25, 0.3) is 6.08 Å². The minimum atomic E-state index is -0.942. The molecule has 1 saturated heterocycles. The van der Waals surface area contributed by atoms with E-state index in [9.17, 15) is 9.59 Å². The summed E-state index contributed by atoms with van der Waals surface area (Å²) in [5.74, 6) is -1.87. The Kier molecular flexibility index (Phi) is 4.19. The van der Waals surface area contributed by atoms with Crippen LogP contribution in [0.4, 0.5) is 0 Å².